The maximum absolute atomic E-state index is 12.1. The molecule has 0 heterocycles. The number of carbonyl (C=O) groups excluding carboxylic acids is 4. The molecule has 0 rings (SSSR count). The second kappa shape index (κ2) is 9.33. The Morgan fingerprint density at radius 1 is 0.857 bits per heavy atom. The van der Waals surface area contributed by atoms with Crippen LogP contribution in [-0.4, -0.2) is 41.1 Å². The van der Waals surface area contributed by atoms with Crippen LogP contribution in [0, 0.1) is 0 Å². The van der Waals surface area contributed by atoms with E-state index in [4.69, 9.17) is 4.74 Å². The van der Waals surface area contributed by atoms with Crippen LogP contribution in [0.2, 0.25) is 0 Å². The van der Waals surface area contributed by atoms with E-state index in [-0.39, 0.29) is 26.2 Å². The summed E-state index contributed by atoms with van der Waals surface area (Å²) in [4.78, 5) is 55.9. The normalized spacial score (nSPS) is 11.0. The molecule has 0 spiro atoms. The zero-order valence-corrected chi connectivity index (χ0v) is 15.5. The van der Waals surface area contributed by atoms with Crippen molar-refractivity contribution in [1.29, 1.82) is 0 Å². The van der Waals surface area contributed by atoms with Gasteiger partial charge in [-0.3, -0.25) is 19.3 Å². The summed E-state index contributed by atoms with van der Waals surface area (Å²) < 4.78 is 5.15. The zero-order chi connectivity index (χ0) is 16.1. The third-order valence-electron chi connectivity index (χ3n) is 2.23. The Labute approximate surface area is 142 Å². The minimum atomic E-state index is -2.48. The van der Waals surface area contributed by atoms with Crippen LogP contribution in [-0.2, 0) is 59.9 Å². The molecular weight excluding hydrogens is 359 g/mol. The minimum Gasteiger partial charge on any atom is -0.350 e. The van der Waals surface area contributed by atoms with Crippen molar-refractivity contribution in [3.63, 3.8) is 0 Å². The molecule has 21 heavy (non-hydrogen) atoms. The third-order valence-corrected chi connectivity index (χ3v) is 2.23. The van der Waals surface area contributed by atoms with E-state index >= 15 is 0 Å². The van der Waals surface area contributed by atoms with Gasteiger partial charge in [0.25, 0.3) is 11.4 Å². The average Bonchev–Trinajstić information content (AvgIpc) is 2.30. The molecule has 0 saturated heterocycles. The smallest absolute Gasteiger partial charge is 0.350 e. The number of Topliss-reactive ketones (excluding diaryl/α,β-unsaturated/α-hetero) is 3. The van der Waals surface area contributed by atoms with E-state index in [9.17, 15) is 19.2 Å². The number of ketones is 3. The van der Waals surface area contributed by atoms with E-state index < -0.39 is 41.1 Å². The number of carbonyl (C=O) groups is 4. The Morgan fingerprint density at radius 2 is 1.29 bits per heavy atom. The number of hydrogen-bond acceptors (Lipinski definition) is 7. The van der Waals surface area contributed by atoms with Gasteiger partial charge >= 0.3 is 5.97 Å². The predicted octanol–water partition coefficient (Wildman–Crippen LogP) is 0.778. The molecule has 8 heteroatoms. The first-order valence-corrected chi connectivity index (χ1v) is 6.17. The molecular formula is C13H20O7Zr. The van der Waals surface area contributed by atoms with Crippen LogP contribution in [0.5, 0.6) is 0 Å². The number of hydrogen-bond donors (Lipinski definition) is 0. The van der Waals surface area contributed by atoms with Gasteiger partial charge in [0, 0.05) is 26.2 Å². The first kappa shape index (κ1) is 22.6. The van der Waals surface area contributed by atoms with E-state index in [1.165, 1.54) is 13.8 Å². The summed E-state index contributed by atoms with van der Waals surface area (Å²) in [5, 5.41) is 0. The molecule has 0 aliphatic heterocycles. The first-order chi connectivity index (χ1) is 9.05. The summed E-state index contributed by atoms with van der Waals surface area (Å²) in [7, 11) is 0. The molecule has 0 radical (unpaired) electrons. The third kappa shape index (κ3) is 5.89. The fourth-order valence-corrected chi connectivity index (χ4v) is 1.46. The topological polar surface area (TPSA) is 96.0 Å². The molecule has 0 aromatic carbocycles. The molecule has 0 saturated carbocycles. The Bertz CT molecular complexity index is 401. The van der Waals surface area contributed by atoms with E-state index in [0.717, 1.165) is 13.8 Å². The molecule has 0 aliphatic carbocycles. The van der Waals surface area contributed by atoms with Gasteiger partial charge in [0.2, 0.25) is 0 Å². The summed E-state index contributed by atoms with van der Waals surface area (Å²) >= 11 is 0. The van der Waals surface area contributed by atoms with Crippen molar-refractivity contribution in [2.45, 2.75) is 59.4 Å². The first-order valence-electron chi connectivity index (χ1n) is 6.17. The van der Waals surface area contributed by atoms with E-state index in [2.05, 4.69) is 9.78 Å². The van der Waals surface area contributed by atoms with Crippen molar-refractivity contribution in [1.82, 2.24) is 0 Å². The Kier molecular flexibility index (Phi) is 10.0. The van der Waals surface area contributed by atoms with Crippen LogP contribution in [0.25, 0.3) is 0 Å². The second-order valence-corrected chi connectivity index (χ2v) is 4.81. The molecule has 0 amide bonds. The van der Waals surface area contributed by atoms with Gasteiger partial charge in [0.15, 0.2) is 11.6 Å². The minimum absolute atomic E-state index is 0. The molecule has 0 aromatic rings. The van der Waals surface area contributed by atoms with Gasteiger partial charge in [-0.15, -0.1) is 0 Å². The summed E-state index contributed by atoms with van der Waals surface area (Å²) in [6.07, 6.45) is -1.09. The maximum atomic E-state index is 12.1. The number of ether oxygens (including phenoxy) is 1. The van der Waals surface area contributed by atoms with Crippen LogP contribution >= 0.6 is 0 Å². The van der Waals surface area contributed by atoms with Crippen molar-refractivity contribution < 1.29 is 59.9 Å². The monoisotopic (exact) mass is 378 g/mol. The van der Waals surface area contributed by atoms with Gasteiger partial charge < -0.3 is 4.74 Å². The summed E-state index contributed by atoms with van der Waals surface area (Å²) in [6.45, 7) is 8.21. The predicted molar refractivity (Wildman–Crippen MR) is 67.6 cm³/mol. The maximum Gasteiger partial charge on any atom is 0.412 e. The van der Waals surface area contributed by atoms with Crippen molar-refractivity contribution in [3.05, 3.63) is 0 Å². The fraction of sp³-hybridized carbons (Fsp3) is 0.692. The SMILES string of the molecule is CC(=O)C(OC(C)C)(C(C)=O)C(=O)C(=O)OOC(C)C.[Zr]. The largest absolute Gasteiger partial charge is 0.412 e. The summed E-state index contributed by atoms with van der Waals surface area (Å²) in [5.41, 5.74) is -2.48. The summed E-state index contributed by atoms with van der Waals surface area (Å²) in [5.74, 6) is -4.62. The number of rotatable bonds is 8. The van der Waals surface area contributed by atoms with Crippen LogP contribution in [0.15, 0.2) is 0 Å². The van der Waals surface area contributed by atoms with E-state index in [1.807, 2.05) is 0 Å². The van der Waals surface area contributed by atoms with Gasteiger partial charge in [-0.05, 0) is 41.5 Å². The molecule has 0 aromatic heterocycles. The van der Waals surface area contributed by atoms with Gasteiger partial charge in [0.05, 0.1) is 12.2 Å². The molecule has 0 atom stereocenters. The van der Waals surface area contributed by atoms with Crippen molar-refractivity contribution in [2.75, 3.05) is 0 Å². The van der Waals surface area contributed by atoms with Gasteiger partial charge in [0.1, 0.15) is 0 Å². The molecule has 0 fully saturated rings. The van der Waals surface area contributed by atoms with E-state index in [1.54, 1.807) is 13.8 Å². The average molecular weight is 380 g/mol. The standard InChI is InChI=1S/C13H20O7.Zr/c1-7(2)18-13(9(5)14,10(6)15)11(16)12(17)20-19-8(3)4;/h7-8H,1-6H3;. The Morgan fingerprint density at radius 3 is 1.57 bits per heavy atom. The van der Waals surface area contributed by atoms with Crippen molar-refractivity contribution >= 4 is 23.3 Å². The van der Waals surface area contributed by atoms with Crippen LogP contribution < -0.4 is 0 Å². The molecule has 0 unspecified atom stereocenters. The van der Waals surface area contributed by atoms with Crippen LogP contribution in [0.4, 0.5) is 0 Å². The van der Waals surface area contributed by atoms with Crippen molar-refractivity contribution in [2.24, 2.45) is 0 Å². The molecule has 0 N–H and O–H groups in total. The molecule has 118 valence electrons. The van der Waals surface area contributed by atoms with E-state index in [0.29, 0.717) is 0 Å². The Balaban J connectivity index is 0. The van der Waals surface area contributed by atoms with Gasteiger partial charge in [-0.2, -0.15) is 4.89 Å². The quantitative estimate of drug-likeness (QED) is 0.266. The molecule has 0 aliphatic rings. The van der Waals surface area contributed by atoms with Crippen LogP contribution in [0.1, 0.15) is 41.5 Å². The molecule has 0 bridgehead atoms. The fourth-order valence-electron chi connectivity index (χ4n) is 1.46. The molecule has 7 nitrogen and oxygen atoms in total. The second-order valence-electron chi connectivity index (χ2n) is 4.81. The zero-order valence-electron chi connectivity index (χ0n) is 13.0. The summed E-state index contributed by atoms with van der Waals surface area (Å²) in [6, 6.07) is 0. The Hall–Kier alpha value is -0.717. The van der Waals surface area contributed by atoms with Gasteiger partial charge in [-0.1, -0.05) is 0 Å². The van der Waals surface area contributed by atoms with Crippen LogP contribution in [0.3, 0.4) is 0 Å². The van der Waals surface area contributed by atoms with Gasteiger partial charge in [-0.25, -0.2) is 4.79 Å². The van der Waals surface area contributed by atoms with Crippen molar-refractivity contribution in [3.8, 4) is 0 Å².